The van der Waals surface area contributed by atoms with E-state index in [0.717, 1.165) is 15.4 Å². The quantitative estimate of drug-likeness (QED) is 0.164. The fourth-order valence-electron chi connectivity index (χ4n) is 4.82. The largest absolute Gasteiger partial charge is 0.354 e. The highest BCUT2D eigenvalue weighted by Gasteiger charge is 2.35. The number of hydrogen-bond acceptors (Lipinski definition) is 4. The summed E-state index contributed by atoms with van der Waals surface area (Å²) in [6, 6.07) is 24.6. The molecule has 0 fully saturated rings. The first-order valence-electron chi connectivity index (χ1n) is 14.8. The maximum absolute atomic E-state index is 15.0. The molecular formula is C35H36Cl2FN3O4S. The van der Waals surface area contributed by atoms with Crippen molar-refractivity contribution in [2.45, 2.75) is 44.7 Å². The van der Waals surface area contributed by atoms with Crippen molar-refractivity contribution in [3.05, 3.63) is 130 Å². The van der Waals surface area contributed by atoms with Crippen LogP contribution in [0.3, 0.4) is 0 Å². The lowest BCUT2D eigenvalue weighted by Crippen LogP contribution is -2.54. The lowest BCUT2D eigenvalue weighted by Gasteiger charge is -2.34. The zero-order valence-electron chi connectivity index (χ0n) is 25.8. The Labute approximate surface area is 280 Å². The first-order valence-corrected chi connectivity index (χ1v) is 17.0. The van der Waals surface area contributed by atoms with Crippen molar-refractivity contribution in [1.82, 2.24) is 10.2 Å². The molecule has 0 unspecified atom stereocenters. The molecule has 0 aromatic heterocycles. The maximum atomic E-state index is 15.0. The molecule has 0 saturated heterocycles. The zero-order valence-corrected chi connectivity index (χ0v) is 28.1. The maximum Gasteiger partial charge on any atom is 0.264 e. The van der Waals surface area contributed by atoms with Gasteiger partial charge in [0.25, 0.3) is 10.0 Å². The average molecular weight is 685 g/mol. The number of sulfonamides is 1. The van der Waals surface area contributed by atoms with Gasteiger partial charge in [0.05, 0.1) is 20.6 Å². The summed E-state index contributed by atoms with van der Waals surface area (Å²) in [7, 11) is -4.38. The van der Waals surface area contributed by atoms with Gasteiger partial charge in [-0.3, -0.25) is 13.9 Å². The summed E-state index contributed by atoms with van der Waals surface area (Å²) < 4.78 is 44.3. The number of amides is 2. The Morgan fingerprint density at radius 2 is 1.52 bits per heavy atom. The molecule has 4 aromatic rings. The second-order valence-corrected chi connectivity index (χ2v) is 14.0. The lowest BCUT2D eigenvalue weighted by atomic mass is 10.0. The van der Waals surface area contributed by atoms with Gasteiger partial charge in [-0.15, -0.1) is 0 Å². The molecule has 46 heavy (non-hydrogen) atoms. The molecule has 0 aliphatic rings. The SMILES string of the molecule is Cc1ccc(S(=O)(=O)N(CC(=O)N(Cc2ccccc2F)[C@H](Cc2ccccc2)C(=O)NCC(C)C)c2cccc(Cl)c2Cl)cc1. The lowest BCUT2D eigenvalue weighted by molar-refractivity contribution is -0.140. The van der Waals surface area contributed by atoms with Crippen LogP contribution in [0.15, 0.2) is 102 Å². The predicted molar refractivity (Wildman–Crippen MR) is 181 cm³/mol. The fraction of sp³-hybridized carbons (Fsp3) is 0.257. The predicted octanol–water partition coefficient (Wildman–Crippen LogP) is 7.05. The van der Waals surface area contributed by atoms with Crippen molar-refractivity contribution in [1.29, 1.82) is 0 Å². The third-order valence-electron chi connectivity index (χ3n) is 7.34. The molecule has 0 aliphatic carbocycles. The number of hydrogen-bond donors (Lipinski definition) is 1. The molecule has 0 bridgehead atoms. The molecule has 11 heteroatoms. The summed E-state index contributed by atoms with van der Waals surface area (Å²) in [5, 5.41) is 2.93. The van der Waals surface area contributed by atoms with Crippen LogP contribution in [0.25, 0.3) is 0 Å². The average Bonchev–Trinajstić information content (AvgIpc) is 3.03. The number of nitrogens with zero attached hydrogens (tertiary/aromatic N) is 2. The Bertz CT molecular complexity index is 1770. The van der Waals surface area contributed by atoms with E-state index in [4.69, 9.17) is 23.2 Å². The van der Waals surface area contributed by atoms with Gasteiger partial charge in [-0.2, -0.15) is 0 Å². The van der Waals surface area contributed by atoms with Crippen molar-refractivity contribution in [2.24, 2.45) is 5.92 Å². The first-order chi connectivity index (χ1) is 21.9. The topological polar surface area (TPSA) is 86.8 Å². The molecule has 0 saturated carbocycles. The van der Waals surface area contributed by atoms with Crippen LogP contribution in [0.1, 0.15) is 30.5 Å². The highest BCUT2D eigenvalue weighted by Crippen LogP contribution is 2.35. The molecule has 4 rings (SSSR count). The Kier molecular flexibility index (Phi) is 11.8. The number of rotatable bonds is 13. The Hall–Kier alpha value is -3.92. The van der Waals surface area contributed by atoms with E-state index >= 15 is 4.39 Å². The van der Waals surface area contributed by atoms with Gasteiger partial charge >= 0.3 is 0 Å². The van der Waals surface area contributed by atoms with Gasteiger partial charge in [0.1, 0.15) is 18.4 Å². The van der Waals surface area contributed by atoms with E-state index in [-0.39, 0.29) is 45.1 Å². The number of anilines is 1. The molecule has 0 radical (unpaired) electrons. The van der Waals surface area contributed by atoms with E-state index in [1.165, 1.54) is 53.4 Å². The van der Waals surface area contributed by atoms with Crippen LogP contribution < -0.4 is 9.62 Å². The van der Waals surface area contributed by atoms with Crippen molar-refractivity contribution in [2.75, 3.05) is 17.4 Å². The molecule has 0 aliphatic heterocycles. The van der Waals surface area contributed by atoms with Gasteiger partial charge < -0.3 is 10.2 Å². The molecule has 0 spiro atoms. The monoisotopic (exact) mass is 683 g/mol. The molecule has 1 N–H and O–H groups in total. The van der Waals surface area contributed by atoms with Crippen molar-refractivity contribution < 1.29 is 22.4 Å². The zero-order chi connectivity index (χ0) is 33.4. The summed E-state index contributed by atoms with van der Waals surface area (Å²) in [6.07, 6.45) is 0.105. The van der Waals surface area contributed by atoms with Gasteiger partial charge in [0, 0.05) is 25.1 Å². The smallest absolute Gasteiger partial charge is 0.264 e. The Morgan fingerprint density at radius 3 is 2.17 bits per heavy atom. The number of carbonyl (C=O) groups is 2. The number of carbonyl (C=O) groups excluding carboxylic acids is 2. The molecular weight excluding hydrogens is 648 g/mol. The normalized spacial score (nSPS) is 12.1. The van der Waals surface area contributed by atoms with E-state index in [1.54, 1.807) is 18.2 Å². The molecule has 1 atom stereocenters. The number of aryl methyl sites for hydroxylation is 1. The second kappa shape index (κ2) is 15.6. The summed E-state index contributed by atoms with van der Waals surface area (Å²) in [4.78, 5) is 29.5. The van der Waals surface area contributed by atoms with E-state index in [0.29, 0.717) is 6.54 Å². The van der Waals surface area contributed by atoms with Crippen LogP contribution in [0.4, 0.5) is 10.1 Å². The van der Waals surface area contributed by atoms with Crippen molar-refractivity contribution in [3.8, 4) is 0 Å². The van der Waals surface area contributed by atoms with Gasteiger partial charge in [0.2, 0.25) is 11.8 Å². The van der Waals surface area contributed by atoms with Crippen molar-refractivity contribution >= 4 is 50.7 Å². The van der Waals surface area contributed by atoms with E-state index < -0.39 is 40.2 Å². The van der Waals surface area contributed by atoms with Crippen LogP contribution in [0, 0.1) is 18.7 Å². The Morgan fingerprint density at radius 1 is 0.870 bits per heavy atom. The summed E-state index contributed by atoms with van der Waals surface area (Å²) in [6.45, 7) is 5.02. The van der Waals surface area contributed by atoms with Gasteiger partial charge in [-0.1, -0.05) is 109 Å². The highest BCUT2D eigenvalue weighted by atomic mass is 35.5. The van der Waals surface area contributed by atoms with E-state index in [1.807, 2.05) is 51.1 Å². The highest BCUT2D eigenvalue weighted by molar-refractivity contribution is 7.92. The number of halogens is 3. The fourth-order valence-corrected chi connectivity index (χ4v) is 6.70. The molecule has 242 valence electrons. The Balaban J connectivity index is 1.84. The van der Waals surface area contributed by atoms with Crippen LogP contribution in [0.5, 0.6) is 0 Å². The summed E-state index contributed by atoms with van der Waals surface area (Å²) in [5.41, 5.74) is 1.76. The van der Waals surface area contributed by atoms with E-state index in [9.17, 15) is 18.0 Å². The van der Waals surface area contributed by atoms with Gasteiger partial charge in [-0.25, -0.2) is 12.8 Å². The minimum absolute atomic E-state index is 0.0159. The van der Waals surface area contributed by atoms with Crippen LogP contribution >= 0.6 is 23.2 Å². The van der Waals surface area contributed by atoms with Gasteiger partial charge in [0.15, 0.2) is 0 Å². The van der Waals surface area contributed by atoms with Crippen LogP contribution in [-0.2, 0) is 32.6 Å². The van der Waals surface area contributed by atoms with Crippen LogP contribution in [-0.4, -0.2) is 44.3 Å². The standard InChI is InChI=1S/C35H36Cl2FN3O4S/c1-24(2)21-39-35(43)32(20-26-10-5-4-6-11-26)40(22-27-12-7-8-14-30(27)38)33(42)23-41(31-15-9-13-29(36)34(31)37)46(44,45)28-18-16-25(3)17-19-28/h4-19,24,32H,20-23H2,1-3H3,(H,39,43)/t32-/m1/s1. The summed E-state index contributed by atoms with van der Waals surface area (Å²) >= 11 is 12.8. The second-order valence-electron chi connectivity index (χ2n) is 11.4. The molecule has 2 amide bonds. The minimum atomic E-state index is -4.38. The molecule has 7 nitrogen and oxygen atoms in total. The first kappa shape index (κ1) is 34.9. The third kappa shape index (κ3) is 8.66. The van der Waals surface area contributed by atoms with Gasteiger partial charge in [-0.05, 0) is 48.7 Å². The van der Waals surface area contributed by atoms with Crippen molar-refractivity contribution in [3.63, 3.8) is 0 Å². The number of benzene rings is 4. The third-order valence-corrected chi connectivity index (χ3v) is 9.92. The van der Waals surface area contributed by atoms with Crippen LogP contribution in [0.2, 0.25) is 10.0 Å². The van der Waals surface area contributed by atoms with E-state index in [2.05, 4.69) is 5.32 Å². The molecule has 4 aromatic carbocycles. The minimum Gasteiger partial charge on any atom is -0.354 e. The number of nitrogens with one attached hydrogen (secondary N) is 1. The summed E-state index contributed by atoms with van der Waals surface area (Å²) in [5.74, 6) is -1.63. The molecule has 0 heterocycles.